The summed E-state index contributed by atoms with van der Waals surface area (Å²) in [5.41, 5.74) is 2.50. The van der Waals surface area contributed by atoms with Crippen LogP contribution in [0.5, 0.6) is 5.75 Å². The van der Waals surface area contributed by atoms with Crippen LogP contribution in [-0.2, 0) is 4.74 Å². The van der Waals surface area contributed by atoms with Crippen LogP contribution in [0, 0.1) is 13.8 Å². The number of aliphatic hydroxyl groups excluding tert-OH is 1. The largest absolute Gasteiger partial charge is 0.491 e. The highest BCUT2D eigenvalue weighted by molar-refractivity contribution is 5.33. The van der Waals surface area contributed by atoms with Crippen molar-refractivity contribution < 1.29 is 24.4 Å². The molecule has 0 radical (unpaired) electrons. The number of ether oxygens (including phenoxy) is 2. The monoisotopic (exact) mass is 324 g/mol. The van der Waals surface area contributed by atoms with Crippen molar-refractivity contribution in [3.05, 3.63) is 29.3 Å². The molecule has 0 bridgehead atoms. The zero-order valence-corrected chi connectivity index (χ0v) is 14.7. The molecule has 0 aromatic heterocycles. The molecule has 5 nitrogen and oxygen atoms in total. The minimum Gasteiger partial charge on any atom is -0.491 e. The van der Waals surface area contributed by atoms with Gasteiger partial charge in [0.1, 0.15) is 51.2 Å². The fourth-order valence-electron chi connectivity index (χ4n) is 2.87. The lowest BCUT2D eigenvalue weighted by Gasteiger charge is -2.28. The Balaban J connectivity index is 1.55. The Kier molecular flexibility index (Phi) is 7.30. The molecule has 0 unspecified atom stereocenters. The number of nitrogens with one attached hydrogen (secondary N) is 2. The second kappa shape index (κ2) is 9.23. The molecule has 2 rings (SSSR count). The molecular weight excluding hydrogens is 292 g/mol. The molecule has 1 heterocycles. The van der Waals surface area contributed by atoms with Crippen LogP contribution in [0.3, 0.4) is 0 Å². The SMILES string of the molecule is Cc1ccc(OCCOC[C@H](O)C[NH+]2CC[NH+](C)CC2)cc1C. The van der Waals surface area contributed by atoms with E-state index in [2.05, 4.69) is 27.0 Å². The van der Waals surface area contributed by atoms with Crippen LogP contribution in [0.4, 0.5) is 0 Å². The number of likely N-dealkylation sites (N-methyl/N-ethyl adjacent to an activating group) is 1. The third kappa shape index (κ3) is 6.47. The second-order valence-electron chi connectivity index (χ2n) is 6.73. The van der Waals surface area contributed by atoms with Gasteiger partial charge < -0.3 is 24.4 Å². The van der Waals surface area contributed by atoms with Gasteiger partial charge >= 0.3 is 0 Å². The molecule has 5 heteroatoms. The van der Waals surface area contributed by atoms with Crippen molar-refractivity contribution in [1.82, 2.24) is 0 Å². The number of hydrogen-bond donors (Lipinski definition) is 3. The fourth-order valence-corrected chi connectivity index (χ4v) is 2.87. The van der Waals surface area contributed by atoms with Crippen molar-refractivity contribution in [2.45, 2.75) is 20.0 Å². The van der Waals surface area contributed by atoms with Gasteiger partial charge in [-0.2, -0.15) is 0 Å². The Labute approximate surface area is 139 Å². The maximum Gasteiger partial charge on any atom is 0.127 e. The highest BCUT2D eigenvalue weighted by atomic mass is 16.5. The summed E-state index contributed by atoms with van der Waals surface area (Å²) in [5.74, 6) is 0.877. The first kappa shape index (κ1) is 18.2. The first-order valence-electron chi connectivity index (χ1n) is 8.65. The van der Waals surface area contributed by atoms with Gasteiger partial charge in [-0.25, -0.2) is 0 Å². The van der Waals surface area contributed by atoms with Crippen molar-refractivity contribution >= 4 is 0 Å². The molecule has 1 fully saturated rings. The summed E-state index contributed by atoms with van der Waals surface area (Å²) < 4.78 is 11.2. The third-order valence-electron chi connectivity index (χ3n) is 4.62. The number of hydrogen-bond acceptors (Lipinski definition) is 3. The molecule has 0 spiro atoms. The third-order valence-corrected chi connectivity index (χ3v) is 4.62. The molecule has 0 amide bonds. The van der Waals surface area contributed by atoms with Gasteiger partial charge in [-0.05, 0) is 37.1 Å². The maximum absolute atomic E-state index is 10.1. The van der Waals surface area contributed by atoms with Crippen molar-refractivity contribution in [3.8, 4) is 5.75 Å². The highest BCUT2D eigenvalue weighted by Crippen LogP contribution is 2.16. The van der Waals surface area contributed by atoms with E-state index in [0.29, 0.717) is 19.8 Å². The van der Waals surface area contributed by atoms with E-state index in [0.717, 1.165) is 25.4 Å². The summed E-state index contributed by atoms with van der Waals surface area (Å²) in [6.07, 6.45) is -0.384. The summed E-state index contributed by atoms with van der Waals surface area (Å²) in [4.78, 5) is 3.07. The molecule has 0 aliphatic carbocycles. The van der Waals surface area contributed by atoms with Crippen molar-refractivity contribution in [1.29, 1.82) is 0 Å². The lowest BCUT2D eigenvalue weighted by atomic mass is 10.1. The topological polar surface area (TPSA) is 47.6 Å². The first-order valence-corrected chi connectivity index (χ1v) is 8.65. The average Bonchev–Trinajstić information content (AvgIpc) is 2.53. The molecule has 1 saturated heterocycles. The minimum atomic E-state index is -0.384. The normalized spacial score (nSPS) is 22.8. The molecule has 23 heavy (non-hydrogen) atoms. The molecule has 3 N–H and O–H groups in total. The predicted molar refractivity (Wildman–Crippen MR) is 90.4 cm³/mol. The number of benzene rings is 1. The maximum atomic E-state index is 10.1. The molecule has 130 valence electrons. The van der Waals surface area contributed by atoms with E-state index in [1.54, 1.807) is 4.90 Å². The zero-order valence-electron chi connectivity index (χ0n) is 14.7. The van der Waals surface area contributed by atoms with Crippen LogP contribution in [-0.4, -0.2) is 70.8 Å². The number of aryl methyl sites for hydroxylation is 2. The van der Waals surface area contributed by atoms with Gasteiger partial charge in [0.2, 0.25) is 0 Å². The van der Waals surface area contributed by atoms with E-state index >= 15 is 0 Å². The van der Waals surface area contributed by atoms with Gasteiger partial charge in [0.05, 0.1) is 20.3 Å². The minimum absolute atomic E-state index is 0.384. The van der Waals surface area contributed by atoms with E-state index in [4.69, 9.17) is 9.47 Å². The quantitative estimate of drug-likeness (QED) is 0.509. The Morgan fingerprint density at radius 2 is 1.83 bits per heavy atom. The number of piperazine rings is 1. The Hall–Kier alpha value is -1.14. The van der Waals surface area contributed by atoms with Crippen LogP contribution in [0.1, 0.15) is 11.1 Å². The Bertz CT molecular complexity index is 473. The van der Waals surface area contributed by atoms with Gasteiger partial charge in [0, 0.05) is 0 Å². The Morgan fingerprint density at radius 3 is 2.52 bits per heavy atom. The highest BCUT2D eigenvalue weighted by Gasteiger charge is 2.22. The van der Waals surface area contributed by atoms with E-state index in [1.165, 1.54) is 29.1 Å². The number of rotatable bonds is 8. The van der Waals surface area contributed by atoms with Gasteiger partial charge in [-0.15, -0.1) is 0 Å². The van der Waals surface area contributed by atoms with Crippen molar-refractivity contribution in [2.75, 3.05) is 59.6 Å². The van der Waals surface area contributed by atoms with Gasteiger partial charge in [0.25, 0.3) is 0 Å². The van der Waals surface area contributed by atoms with Crippen LogP contribution >= 0.6 is 0 Å². The second-order valence-corrected chi connectivity index (χ2v) is 6.73. The van der Waals surface area contributed by atoms with E-state index in [-0.39, 0.29) is 6.10 Å². The van der Waals surface area contributed by atoms with Gasteiger partial charge in [-0.3, -0.25) is 0 Å². The standard InChI is InChI=1S/C18H30N2O3/c1-15-4-5-18(12-16(15)2)23-11-10-22-14-17(21)13-20-8-6-19(3)7-9-20/h4-5,12,17,21H,6-11,13-14H2,1-3H3/p+2/t17-/m1/s1. The summed E-state index contributed by atoms with van der Waals surface area (Å²) in [6, 6.07) is 6.09. The van der Waals surface area contributed by atoms with Crippen LogP contribution in [0.25, 0.3) is 0 Å². The van der Waals surface area contributed by atoms with Crippen LogP contribution in [0.15, 0.2) is 18.2 Å². The van der Waals surface area contributed by atoms with Gasteiger partial charge in [-0.1, -0.05) is 6.07 Å². The van der Waals surface area contributed by atoms with Crippen molar-refractivity contribution in [3.63, 3.8) is 0 Å². The molecule has 0 saturated carbocycles. The van der Waals surface area contributed by atoms with Crippen LogP contribution in [0.2, 0.25) is 0 Å². The smallest absolute Gasteiger partial charge is 0.127 e. The summed E-state index contributed by atoms with van der Waals surface area (Å²) in [7, 11) is 2.23. The van der Waals surface area contributed by atoms with Crippen LogP contribution < -0.4 is 14.5 Å². The lowest BCUT2D eigenvalue weighted by Crippen LogP contribution is -3.27. The van der Waals surface area contributed by atoms with E-state index in [1.807, 2.05) is 12.1 Å². The van der Waals surface area contributed by atoms with E-state index < -0.39 is 0 Å². The number of quaternary nitrogens is 2. The van der Waals surface area contributed by atoms with Gasteiger partial charge in [0.15, 0.2) is 0 Å². The lowest BCUT2D eigenvalue weighted by molar-refractivity contribution is -1.00. The molecule has 1 aliphatic heterocycles. The first-order chi connectivity index (χ1) is 11.0. The zero-order chi connectivity index (χ0) is 16.7. The summed E-state index contributed by atoms with van der Waals surface area (Å²) >= 11 is 0. The number of aliphatic hydroxyl groups is 1. The summed E-state index contributed by atoms with van der Waals surface area (Å²) in [5, 5.41) is 10.1. The molecular formula is C18H32N2O3+2. The fraction of sp³-hybridized carbons (Fsp3) is 0.667. The van der Waals surface area contributed by atoms with E-state index in [9.17, 15) is 5.11 Å². The average molecular weight is 324 g/mol. The van der Waals surface area contributed by atoms with Crippen molar-refractivity contribution in [2.24, 2.45) is 0 Å². The predicted octanol–water partition coefficient (Wildman–Crippen LogP) is -1.53. The molecule has 1 aliphatic rings. The Morgan fingerprint density at radius 1 is 1.09 bits per heavy atom. The summed E-state index contributed by atoms with van der Waals surface area (Å²) in [6.45, 7) is 11.0. The molecule has 1 atom stereocenters. The molecule has 1 aromatic carbocycles. The molecule has 1 aromatic rings.